The van der Waals surface area contributed by atoms with E-state index >= 15 is 0 Å². The molecule has 34 heavy (non-hydrogen) atoms. The fourth-order valence-electron chi connectivity index (χ4n) is 4.62. The van der Waals surface area contributed by atoms with Gasteiger partial charge in [0.15, 0.2) is 0 Å². The van der Waals surface area contributed by atoms with E-state index in [1.165, 1.54) is 0 Å². The Morgan fingerprint density at radius 1 is 1.03 bits per heavy atom. The number of carbonyl (C=O) groups excluding carboxylic acids is 3. The van der Waals surface area contributed by atoms with Gasteiger partial charge in [-0.2, -0.15) is 0 Å². The Bertz CT molecular complexity index is 819. The lowest BCUT2D eigenvalue weighted by Gasteiger charge is -2.36. The first kappa shape index (κ1) is 27.7. The van der Waals surface area contributed by atoms with Crippen molar-refractivity contribution in [2.75, 3.05) is 6.54 Å². The van der Waals surface area contributed by atoms with Crippen LogP contribution in [0, 0.1) is 23.7 Å². The Hall–Kier alpha value is -2.57. The average Bonchev–Trinajstić information content (AvgIpc) is 2.75. The minimum Gasteiger partial charge on any atom is -0.444 e. The number of carbonyl (C=O) groups is 3. The number of nitrogens with one attached hydrogen (secondary N) is 3. The monoisotopic (exact) mass is 473 g/mol. The molecule has 0 radical (unpaired) electrons. The third-order valence-corrected chi connectivity index (χ3v) is 6.48. The van der Waals surface area contributed by atoms with Gasteiger partial charge in [-0.15, -0.1) is 0 Å². The lowest BCUT2D eigenvalue weighted by molar-refractivity contribution is -0.130. The van der Waals surface area contributed by atoms with Crippen LogP contribution < -0.4 is 16.0 Å². The number of hydrogen-bond donors (Lipinski definition) is 3. The minimum atomic E-state index is -0.790. The average molecular weight is 474 g/mol. The van der Waals surface area contributed by atoms with Gasteiger partial charge in [-0.25, -0.2) is 4.79 Å². The van der Waals surface area contributed by atoms with Crippen LogP contribution in [-0.2, 0) is 14.3 Å². The third-order valence-electron chi connectivity index (χ3n) is 6.48. The zero-order valence-corrected chi connectivity index (χ0v) is 21.8. The van der Waals surface area contributed by atoms with Crippen molar-refractivity contribution in [2.24, 2.45) is 23.7 Å². The van der Waals surface area contributed by atoms with Crippen LogP contribution in [0.25, 0.3) is 0 Å². The van der Waals surface area contributed by atoms with Crippen molar-refractivity contribution < 1.29 is 19.1 Å². The quantitative estimate of drug-likeness (QED) is 0.515. The van der Waals surface area contributed by atoms with Gasteiger partial charge in [-0.05, 0) is 63.9 Å². The number of benzene rings is 1. The first-order valence-corrected chi connectivity index (χ1v) is 12.5. The molecule has 190 valence electrons. The van der Waals surface area contributed by atoms with Crippen LogP contribution in [0.3, 0.4) is 0 Å². The number of hydrogen-bond acceptors (Lipinski definition) is 4. The molecule has 1 aliphatic carbocycles. The molecule has 2 rings (SSSR count). The molecule has 0 saturated heterocycles. The molecular weight excluding hydrogens is 430 g/mol. The van der Waals surface area contributed by atoms with Crippen LogP contribution in [0.2, 0.25) is 0 Å². The van der Waals surface area contributed by atoms with E-state index in [1.807, 2.05) is 30.3 Å². The Kier molecular flexibility index (Phi) is 9.95. The zero-order valence-electron chi connectivity index (χ0n) is 21.8. The summed E-state index contributed by atoms with van der Waals surface area (Å²) in [4.78, 5) is 38.1. The maximum absolute atomic E-state index is 13.2. The summed E-state index contributed by atoms with van der Waals surface area (Å²) in [6.07, 6.45) is 2.49. The highest BCUT2D eigenvalue weighted by atomic mass is 16.6. The molecule has 7 heteroatoms. The second kappa shape index (κ2) is 12.2. The first-order valence-electron chi connectivity index (χ1n) is 12.5. The number of rotatable bonds is 8. The van der Waals surface area contributed by atoms with E-state index in [0.29, 0.717) is 17.8 Å². The van der Waals surface area contributed by atoms with E-state index in [0.717, 1.165) is 24.8 Å². The van der Waals surface area contributed by atoms with E-state index in [1.54, 1.807) is 27.7 Å². The summed E-state index contributed by atoms with van der Waals surface area (Å²) in [6, 6.07) is 8.34. The second-order valence-corrected chi connectivity index (χ2v) is 11.0. The van der Waals surface area contributed by atoms with E-state index in [2.05, 4.69) is 36.7 Å². The van der Waals surface area contributed by atoms with Crippen molar-refractivity contribution in [3.8, 4) is 0 Å². The molecule has 5 atom stereocenters. The first-order chi connectivity index (χ1) is 15.9. The summed E-state index contributed by atoms with van der Waals surface area (Å²) in [5.74, 6) is 1.06. The molecule has 7 nitrogen and oxygen atoms in total. The zero-order chi connectivity index (χ0) is 25.5. The van der Waals surface area contributed by atoms with Crippen LogP contribution in [0.15, 0.2) is 30.3 Å². The molecule has 1 aliphatic rings. The van der Waals surface area contributed by atoms with Crippen LogP contribution in [0.4, 0.5) is 4.79 Å². The molecule has 0 heterocycles. The summed E-state index contributed by atoms with van der Waals surface area (Å²) < 4.78 is 5.25. The number of amides is 3. The molecule has 0 aromatic heterocycles. The summed E-state index contributed by atoms with van der Waals surface area (Å²) in [5, 5.41) is 8.66. The predicted molar refractivity (Wildman–Crippen MR) is 134 cm³/mol. The van der Waals surface area contributed by atoms with Gasteiger partial charge in [0.2, 0.25) is 11.8 Å². The van der Waals surface area contributed by atoms with Crippen molar-refractivity contribution in [2.45, 2.75) is 85.4 Å². The molecule has 0 aliphatic heterocycles. The Labute approximate surface area is 204 Å². The SMILES string of the molecule is CC1CC[C@@H](C(C)C)C(C(=O)NCC(NC(=O)C(C)NC(=O)OC(C)(C)C)c2ccccc2)C1. The molecule has 4 unspecified atom stereocenters. The van der Waals surface area contributed by atoms with Gasteiger partial charge in [0.25, 0.3) is 0 Å². The summed E-state index contributed by atoms with van der Waals surface area (Å²) in [6.45, 7) is 13.8. The van der Waals surface area contributed by atoms with Crippen molar-refractivity contribution in [3.05, 3.63) is 35.9 Å². The van der Waals surface area contributed by atoms with Gasteiger partial charge in [0.05, 0.1) is 6.04 Å². The topological polar surface area (TPSA) is 96.5 Å². The highest BCUT2D eigenvalue weighted by Crippen LogP contribution is 2.38. The molecular formula is C27H43N3O4. The van der Waals surface area contributed by atoms with Gasteiger partial charge in [0, 0.05) is 12.5 Å². The Balaban J connectivity index is 2.05. The van der Waals surface area contributed by atoms with Crippen molar-refractivity contribution in [1.29, 1.82) is 0 Å². The van der Waals surface area contributed by atoms with Gasteiger partial charge < -0.3 is 20.7 Å². The van der Waals surface area contributed by atoms with Crippen molar-refractivity contribution in [1.82, 2.24) is 16.0 Å². The molecule has 3 N–H and O–H groups in total. The largest absolute Gasteiger partial charge is 0.444 e. The Morgan fingerprint density at radius 2 is 1.68 bits per heavy atom. The van der Waals surface area contributed by atoms with Crippen molar-refractivity contribution >= 4 is 17.9 Å². The van der Waals surface area contributed by atoms with Crippen LogP contribution in [-0.4, -0.2) is 36.1 Å². The van der Waals surface area contributed by atoms with Gasteiger partial charge in [-0.3, -0.25) is 9.59 Å². The van der Waals surface area contributed by atoms with E-state index in [-0.39, 0.29) is 24.3 Å². The molecule has 1 aromatic rings. The van der Waals surface area contributed by atoms with Gasteiger partial charge in [0.1, 0.15) is 11.6 Å². The van der Waals surface area contributed by atoms with Crippen LogP contribution >= 0.6 is 0 Å². The number of alkyl carbamates (subject to hydrolysis) is 1. The molecule has 1 saturated carbocycles. The Morgan fingerprint density at radius 3 is 2.26 bits per heavy atom. The highest BCUT2D eigenvalue weighted by molar-refractivity contribution is 5.85. The summed E-state index contributed by atoms with van der Waals surface area (Å²) in [5.41, 5.74) is 0.236. The van der Waals surface area contributed by atoms with Crippen LogP contribution in [0.1, 0.15) is 79.3 Å². The van der Waals surface area contributed by atoms with Crippen molar-refractivity contribution in [3.63, 3.8) is 0 Å². The number of ether oxygens (including phenoxy) is 1. The smallest absolute Gasteiger partial charge is 0.408 e. The molecule has 3 amide bonds. The lowest BCUT2D eigenvalue weighted by atomic mass is 9.70. The molecule has 0 spiro atoms. The van der Waals surface area contributed by atoms with Gasteiger partial charge in [-0.1, -0.05) is 57.5 Å². The fraction of sp³-hybridized carbons (Fsp3) is 0.667. The lowest BCUT2D eigenvalue weighted by Crippen LogP contribution is -2.49. The summed E-state index contributed by atoms with van der Waals surface area (Å²) >= 11 is 0. The van der Waals surface area contributed by atoms with E-state index in [4.69, 9.17) is 4.74 Å². The van der Waals surface area contributed by atoms with E-state index in [9.17, 15) is 14.4 Å². The van der Waals surface area contributed by atoms with E-state index < -0.39 is 23.8 Å². The molecule has 1 aromatic carbocycles. The highest BCUT2D eigenvalue weighted by Gasteiger charge is 2.35. The fourth-order valence-corrected chi connectivity index (χ4v) is 4.62. The molecule has 0 bridgehead atoms. The predicted octanol–water partition coefficient (Wildman–Crippen LogP) is 4.58. The normalized spacial score (nSPS) is 22.4. The maximum atomic E-state index is 13.2. The minimum absolute atomic E-state index is 0.0105. The summed E-state index contributed by atoms with van der Waals surface area (Å²) in [7, 11) is 0. The maximum Gasteiger partial charge on any atom is 0.408 e. The second-order valence-electron chi connectivity index (χ2n) is 11.0. The molecule has 1 fully saturated rings. The van der Waals surface area contributed by atoms with Gasteiger partial charge >= 0.3 is 6.09 Å². The van der Waals surface area contributed by atoms with Crippen LogP contribution in [0.5, 0.6) is 0 Å². The standard InChI is InChI=1S/C27H43N3O4/c1-17(2)21-14-13-18(3)15-22(21)25(32)28-16-23(20-11-9-8-10-12-20)30-24(31)19(4)29-26(33)34-27(5,6)7/h8-12,17-19,21-23H,13-16H2,1-7H3,(H,28,32)(H,29,33)(H,30,31)/t18?,19?,21-,22?,23?/m0/s1. The third kappa shape index (κ3) is 8.65.